The van der Waals surface area contributed by atoms with Gasteiger partial charge in [0.1, 0.15) is 12.4 Å². The zero-order valence-electron chi connectivity index (χ0n) is 15.9. The van der Waals surface area contributed by atoms with Gasteiger partial charge in [0.05, 0.1) is 0 Å². The Morgan fingerprint density at radius 3 is 2.70 bits per heavy atom. The molecule has 1 unspecified atom stereocenters. The van der Waals surface area contributed by atoms with Crippen LogP contribution in [0.1, 0.15) is 25.0 Å². The molecule has 0 fully saturated rings. The summed E-state index contributed by atoms with van der Waals surface area (Å²) in [5, 5.41) is 2.86. The molecule has 2 amide bonds. The quantitative estimate of drug-likeness (QED) is 0.865. The van der Waals surface area contributed by atoms with E-state index in [0.717, 1.165) is 11.1 Å². The molecule has 2 heterocycles. The molecule has 27 heavy (non-hydrogen) atoms. The normalized spacial score (nSPS) is 16.1. The van der Waals surface area contributed by atoms with Gasteiger partial charge in [0.25, 0.3) is 5.91 Å². The highest BCUT2D eigenvalue weighted by molar-refractivity contribution is 6.05. The number of fused-ring (bicyclic) bond motifs is 1. The van der Waals surface area contributed by atoms with E-state index in [0.29, 0.717) is 11.4 Å². The molecule has 2 aromatic rings. The molecule has 142 valence electrons. The van der Waals surface area contributed by atoms with Gasteiger partial charge in [-0.05, 0) is 43.5 Å². The Bertz CT molecular complexity index is 895. The molecular formula is C20H24N4O3. The number of rotatable bonds is 4. The van der Waals surface area contributed by atoms with Crippen LogP contribution in [-0.2, 0) is 9.59 Å². The summed E-state index contributed by atoms with van der Waals surface area (Å²) in [7, 11) is 0. The highest BCUT2D eigenvalue weighted by Gasteiger charge is 2.38. The third-order valence-electron chi connectivity index (χ3n) is 4.44. The fourth-order valence-electron chi connectivity index (χ4n) is 3.04. The van der Waals surface area contributed by atoms with Gasteiger partial charge in [-0.2, -0.15) is 0 Å². The average Bonchev–Trinajstić information content (AvgIpc) is 2.59. The van der Waals surface area contributed by atoms with Crippen LogP contribution in [0.2, 0.25) is 0 Å². The molecule has 1 aromatic heterocycles. The van der Waals surface area contributed by atoms with Crippen molar-refractivity contribution < 1.29 is 14.3 Å². The minimum absolute atomic E-state index is 0.0480. The lowest BCUT2D eigenvalue weighted by atomic mass is 10.0. The van der Waals surface area contributed by atoms with E-state index in [4.69, 9.17) is 10.5 Å². The number of anilines is 3. The van der Waals surface area contributed by atoms with E-state index in [-0.39, 0.29) is 35.9 Å². The monoisotopic (exact) mass is 368 g/mol. The first-order valence-corrected chi connectivity index (χ1v) is 8.88. The molecule has 7 nitrogen and oxygen atoms in total. The minimum Gasteiger partial charge on any atom is -0.476 e. The zero-order valence-corrected chi connectivity index (χ0v) is 15.9. The number of pyridine rings is 1. The molecule has 0 aliphatic carbocycles. The molecular weight excluding hydrogens is 344 g/mol. The highest BCUT2D eigenvalue weighted by Crippen LogP contribution is 2.34. The summed E-state index contributed by atoms with van der Waals surface area (Å²) in [6.45, 7) is 7.54. The standard InChI is InChI=1S/C20H24N4O3/c1-11(2)18-20(26)24(19-15(27-18)7-8-16(21)23-19)10-17(25)22-14-6-5-12(3)9-13(14)4/h5-9,11,18H,10H2,1-4H3,(H2,21,23)(H,22,25). The van der Waals surface area contributed by atoms with Gasteiger partial charge in [-0.3, -0.25) is 14.5 Å². The summed E-state index contributed by atoms with van der Waals surface area (Å²) in [5.41, 5.74) is 8.55. The molecule has 0 radical (unpaired) electrons. The molecule has 1 atom stereocenters. The van der Waals surface area contributed by atoms with Gasteiger partial charge in [-0.25, -0.2) is 4.98 Å². The number of hydrogen-bond acceptors (Lipinski definition) is 5. The van der Waals surface area contributed by atoms with Gasteiger partial charge in [0.2, 0.25) is 5.91 Å². The number of amides is 2. The van der Waals surface area contributed by atoms with Crippen molar-refractivity contribution in [2.75, 3.05) is 22.5 Å². The van der Waals surface area contributed by atoms with Crippen LogP contribution in [0.4, 0.5) is 17.3 Å². The predicted octanol–water partition coefficient (Wildman–Crippen LogP) is 2.67. The minimum atomic E-state index is -0.670. The van der Waals surface area contributed by atoms with E-state index in [1.54, 1.807) is 12.1 Å². The number of nitrogens with one attached hydrogen (secondary N) is 1. The lowest BCUT2D eigenvalue weighted by molar-refractivity contribution is -0.129. The Labute approximate surface area is 158 Å². The maximum atomic E-state index is 12.9. The number of carbonyl (C=O) groups is 2. The first kappa shape index (κ1) is 18.7. The van der Waals surface area contributed by atoms with Gasteiger partial charge < -0.3 is 15.8 Å². The maximum Gasteiger partial charge on any atom is 0.270 e. The van der Waals surface area contributed by atoms with Gasteiger partial charge in [0.15, 0.2) is 17.7 Å². The summed E-state index contributed by atoms with van der Waals surface area (Å²) >= 11 is 0. The van der Waals surface area contributed by atoms with Gasteiger partial charge in [0, 0.05) is 5.69 Å². The molecule has 0 bridgehead atoms. The fourth-order valence-corrected chi connectivity index (χ4v) is 3.04. The second kappa shape index (κ2) is 7.26. The van der Waals surface area contributed by atoms with Gasteiger partial charge >= 0.3 is 0 Å². The van der Waals surface area contributed by atoms with E-state index in [1.165, 1.54) is 4.90 Å². The molecule has 7 heteroatoms. The van der Waals surface area contributed by atoms with E-state index in [1.807, 2.05) is 45.9 Å². The SMILES string of the molecule is Cc1ccc(NC(=O)CN2C(=O)C(C(C)C)Oc3ccc(N)nc32)c(C)c1. The lowest BCUT2D eigenvalue weighted by Crippen LogP contribution is -2.51. The Balaban J connectivity index is 1.86. The first-order valence-electron chi connectivity index (χ1n) is 8.88. The van der Waals surface area contributed by atoms with Crippen molar-refractivity contribution in [3.05, 3.63) is 41.5 Å². The number of benzene rings is 1. The Morgan fingerprint density at radius 1 is 1.30 bits per heavy atom. The topological polar surface area (TPSA) is 97.5 Å². The summed E-state index contributed by atoms with van der Waals surface area (Å²) in [4.78, 5) is 31.1. The van der Waals surface area contributed by atoms with Crippen LogP contribution in [0.3, 0.4) is 0 Å². The molecule has 1 aliphatic heterocycles. The summed E-state index contributed by atoms with van der Waals surface area (Å²) in [5.74, 6) is 0.316. The predicted molar refractivity (Wildman–Crippen MR) is 105 cm³/mol. The molecule has 1 aromatic carbocycles. The van der Waals surface area contributed by atoms with Crippen molar-refractivity contribution in [2.24, 2.45) is 5.92 Å². The molecule has 0 saturated carbocycles. The first-order chi connectivity index (χ1) is 12.8. The van der Waals surface area contributed by atoms with Gasteiger partial charge in [-0.15, -0.1) is 0 Å². The molecule has 1 aliphatic rings. The largest absolute Gasteiger partial charge is 0.476 e. The van der Waals surface area contributed by atoms with Crippen LogP contribution in [-0.4, -0.2) is 29.4 Å². The number of aromatic nitrogens is 1. The number of carbonyl (C=O) groups excluding carboxylic acids is 2. The molecule has 0 saturated heterocycles. The van der Waals surface area contributed by atoms with Crippen LogP contribution >= 0.6 is 0 Å². The Hall–Kier alpha value is -3.09. The van der Waals surface area contributed by atoms with E-state index in [9.17, 15) is 9.59 Å². The van der Waals surface area contributed by atoms with Crippen LogP contribution in [0.15, 0.2) is 30.3 Å². The van der Waals surface area contributed by atoms with Crippen molar-refractivity contribution in [1.82, 2.24) is 4.98 Å². The second-order valence-electron chi connectivity index (χ2n) is 7.13. The molecule has 0 spiro atoms. The number of nitrogens with zero attached hydrogens (tertiary/aromatic N) is 2. The van der Waals surface area contributed by atoms with Gasteiger partial charge in [-0.1, -0.05) is 31.5 Å². The molecule has 3 rings (SSSR count). The summed E-state index contributed by atoms with van der Waals surface area (Å²) < 4.78 is 5.78. The van der Waals surface area contributed by atoms with Crippen molar-refractivity contribution >= 4 is 29.1 Å². The third-order valence-corrected chi connectivity index (χ3v) is 4.44. The third kappa shape index (κ3) is 3.86. The summed E-state index contributed by atoms with van der Waals surface area (Å²) in [6, 6.07) is 9.05. The van der Waals surface area contributed by atoms with E-state index in [2.05, 4.69) is 10.3 Å². The fraction of sp³-hybridized carbons (Fsp3) is 0.350. The van der Waals surface area contributed by atoms with Crippen molar-refractivity contribution in [2.45, 2.75) is 33.8 Å². The zero-order chi connectivity index (χ0) is 19.7. The number of nitrogen functional groups attached to an aromatic ring is 1. The van der Waals surface area contributed by atoms with Crippen LogP contribution in [0.25, 0.3) is 0 Å². The lowest BCUT2D eigenvalue weighted by Gasteiger charge is -2.34. The number of ether oxygens (including phenoxy) is 1. The average molecular weight is 368 g/mol. The number of nitrogens with two attached hydrogens (primary N) is 1. The summed E-state index contributed by atoms with van der Waals surface area (Å²) in [6.07, 6.45) is -0.670. The van der Waals surface area contributed by atoms with Crippen molar-refractivity contribution in [3.8, 4) is 5.75 Å². The van der Waals surface area contributed by atoms with Crippen LogP contribution in [0.5, 0.6) is 5.75 Å². The maximum absolute atomic E-state index is 12.9. The number of aryl methyl sites for hydroxylation is 2. The van der Waals surface area contributed by atoms with Crippen LogP contribution in [0, 0.1) is 19.8 Å². The number of hydrogen-bond donors (Lipinski definition) is 2. The van der Waals surface area contributed by atoms with Crippen molar-refractivity contribution in [3.63, 3.8) is 0 Å². The Kier molecular flexibility index (Phi) is 5.03. The molecule has 3 N–H and O–H groups in total. The smallest absolute Gasteiger partial charge is 0.270 e. The highest BCUT2D eigenvalue weighted by atomic mass is 16.5. The van der Waals surface area contributed by atoms with E-state index >= 15 is 0 Å². The van der Waals surface area contributed by atoms with Crippen molar-refractivity contribution in [1.29, 1.82) is 0 Å². The van der Waals surface area contributed by atoms with Crippen LogP contribution < -0.4 is 20.7 Å². The second-order valence-corrected chi connectivity index (χ2v) is 7.13. The van der Waals surface area contributed by atoms with E-state index < -0.39 is 6.10 Å². The Morgan fingerprint density at radius 2 is 2.04 bits per heavy atom.